The number of carbonyl (C=O) groups is 1. The summed E-state index contributed by atoms with van der Waals surface area (Å²) in [5.41, 5.74) is 0.413. The Morgan fingerprint density at radius 3 is 2.24 bits per heavy atom. The summed E-state index contributed by atoms with van der Waals surface area (Å²) >= 11 is 3.36. The minimum atomic E-state index is -0.427. The molecule has 0 spiro atoms. The molecule has 2 aromatic rings. The number of rotatable bonds is 9. The second-order valence-electron chi connectivity index (χ2n) is 4.97. The lowest BCUT2D eigenvalue weighted by atomic mass is 10.2. The zero-order valence-electron chi connectivity index (χ0n) is 14.3. The summed E-state index contributed by atoms with van der Waals surface area (Å²) in [6.07, 6.45) is 0. The molecule has 5 nitrogen and oxygen atoms in total. The highest BCUT2D eigenvalue weighted by molar-refractivity contribution is 9.10. The molecule has 2 rings (SSSR count). The molecule has 0 fully saturated rings. The third kappa shape index (κ3) is 5.98. The van der Waals surface area contributed by atoms with Gasteiger partial charge in [0.25, 0.3) is 0 Å². The van der Waals surface area contributed by atoms with E-state index in [0.29, 0.717) is 30.3 Å². The first-order chi connectivity index (χ1) is 12.1. The van der Waals surface area contributed by atoms with Crippen LogP contribution in [0.3, 0.4) is 0 Å². The van der Waals surface area contributed by atoms with E-state index in [1.807, 2.05) is 38.1 Å². The van der Waals surface area contributed by atoms with Crippen molar-refractivity contribution in [3.63, 3.8) is 0 Å². The molecule has 0 unspecified atom stereocenters. The summed E-state index contributed by atoms with van der Waals surface area (Å²) in [5.74, 6) is 1.44. The Bertz CT molecular complexity index is 685. The van der Waals surface area contributed by atoms with Crippen molar-refractivity contribution in [2.45, 2.75) is 13.8 Å². The van der Waals surface area contributed by atoms with Crippen LogP contribution in [0.15, 0.2) is 46.9 Å². The number of halogens is 1. The Morgan fingerprint density at radius 1 is 0.880 bits per heavy atom. The fourth-order valence-electron chi connectivity index (χ4n) is 2.09. The van der Waals surface area contributed by atoms with Gasteiger partial charge in [-0.25, -0.2) is 4.79 Å². The largest absolute Gasteiger partial charge is 0.490 e. The average Bonchev–Trinajstić information content (AvgIpc) is 2.62. The van der Waals surface area contributed by atoms with E-state index in [9.17, 15) is 4.79 Å². The lowest BCUT2D eigenvalue weighted by Gasteiger charge is -2.12. The van der Waals surface area contributed by atoms with Gasteiger partial charge in [-0.15, -0.1) is 0 Å². The molecule has 0 amide bonds. The van der Waals surface area contributed by atoms with Gasteiger partial charge in [0.05, 0.1) is 18.8 Å². The molecule has 0 atom stereocenters. The third-order valence-corrected chi connectivity index (χ3v) is 3.71. The summed E-state index contributed by atoms with van der Waals surface area (Å²) in [4.78, 5) is 12.1. The van der Waals surface area contributed by atoms with Crippen molar-refractivity contribution in [1.29, 1.82) is 0 Å². The standard InChI is InChI=1S/C19H21BrO5/c1-3-22-17-10-5-14(13-18(17)23-4-2)19(21)25-12-11-24-16-8-6-15(20)7-9-16/h5-10,13H,3-4,11-12H2,1-2H3. The van der Waals surface area contributed by atoms with Crippen molar-refractivity contribution in [2.24, 2.45) is 0 Å². The van der Waals surface area contributed by atoms with Crippen molar-refractivity contribution in [2.75, 3.05) is 26.4 Å². The number of esters is 1. The fourth-order valence-corrected chi connectivity index (χ4v) is 2.35. The molecule has 0 N–H and O–H groups in total. The molecule has 6 heteroatoms. The summed E-state index contributed by atoms with van der Waals surface area (Å²) in [6.45, 7) is 5.22. The number of benzene rings is 2. The van der Waals surface area contributed by atoms with Crippen LogP contribution in [0.1, 0.15) is 24.2 Å². The second kappa shape index (κ2) is 9.93. The van der Waals surface area contributed by atoms with Crippen LogP contribution in [-0.2, 0) is 4.74 Å². The van der Waals surface area contributed by atoms with Gasteiger partial charge >= 0.3 is 5.97 Å². The lowest BCUT2D eigenvalue weighted by Crippen LogP contribution is -2.12. The quantitative estimate of drug-likeness (QED) is 0.452. The third-order valence-electron chi connectivity index (χ3n) is 3.18. The van der Waals surface area contributed by atoms with Crippen LogP contribution in [0.4, 0.5) is 0 Å². The zero-order chi connectivity index (χ0) is 18.1. The van der Waals surface area contributed by atoms with Gasteiger partial charge in [-0.2, -0.15) is 0 Å². The van der Waals surface area contributed by atoms with Gasteiger partial charge in [-0.3, -0.25) is 0 Å². The first-order valence-electron chi connectivity index (χ1n) is 8.09. The van der Waals surface area contributed by atoms with Gasteiger partial charge in [0, 0.05) is 4.47 Å². The predicted molar refractivity (Wildman–Crippen MR) is 98.7 cm³/mol. The van der Waals surface area contributed by atoms with Gasteiger partial charge in [0.1, 0.15) is 19.0 Å². The van der Waals surface area contributed by atoms with Crippen molar-refractivity contribution in [3.05, 3.63) is 52.5 Å². The fraction of sp³-hybridized carbons (Fsp3) is 0.316. The van der Waals surface area contributed by atoms with E-state index in [-0.39, 0.29) is 13.2 Å². The number of hydrogen-bond acceptors (Lipinski definition) is 5. The maximum Gasteiger partial charge on any atom is 0.338 e. The van der Waals surface area contributed by atoms with Crippen LogP contribution < -0.4 is 14.2 Å². The summed E-state index contributed by atoms with van der Waals surface area (Å²) in [6, 6.07) is 12.5. The molecule has 134 valence electrons. The minimum absolute atomic E-state index is 0.159. The molecule has 0 aliphatic rings. The van der Waals surface area contributed by atoms with E-state index in [4.69, 9.17) is 18.9 Å². The van der Waals surface area contributed by atoms with Gasteiger partial charge in [-0.1, -0.05) is 15.9 Å². The number of carbonyl (C=O) groups excluding carboxylic acids is 1. The Balaban J connectivity index is 1.87. The van der Waals surface area contributed by atoms with Crippen LogP contribution >= 0.6 is 15.9 Å². The van der Waals surface area contributed by atoms with Crippen molar-refractivity contribution < 1.29 is 23.7 Å². The highest BCUT2D eigenvalue weighted by Crippen LogP contribution is 2.28. The van der Waals surface area contributed by atoms with E-state index < -0.39 is 5.97 Å². The molecule has 0 saturated heterocycles. The topological polar surface area (TPSA) is 54.0 Å². The van der Waals surface area contributed by atoms with E-state index in [2.05, 4.69) is 15.9 Å². The van der Waals surface area contributed by atoms with E-state index >= 15 is 0 Å². The number of hydrogen-bond donors (Lipinski definition) is 0. The van der Waals surface area contributed by atoms with Crippen LogP contribution in [-0.4, -0.2) is 32.4 Å². The smallest absolute Gasteiger partial charge is 0.338 e. The Labute approximate surface area is 156 Å². The molecule has 0 heterocycles. The van der Waals surface area contributed by atoms with Crippen LogP contribution in [0, 0.1) is 0 Å². The van der Waals surface area contributed by atoms with Crippen molar-refractivity contribution in [1.82, 2.24) is 0 Å². The molecule has 0 bridgehead atoms. The molecule has 25 heavy (non-hydrogen) atoms. The van der Waals surface area contributed by atoms with E-state index in [1.165, 1.54) is 0 Å². The molecule has 0 aliphatic carbocycles. The Hall–Kier alpha value is -2.21. The highest BCUT2D eigenvalue weighted by atomic mass is 79.9. The normalized spacial score (nSPS) is 10.2. The molecule has 0 radical (unpaired) electrons. The first kappa shape index (κ1) is 19.1. The highest BCUT2D eigenvalue weighted by Gasteiger charge is 2.12. The molecule has 0 aromatic heterocycles. The van der Waals surface area contributed by atoms with Gasteiger partial charge in [0.2, 0.25) is 0 Å². The molecule has 0 saturated carbocycles. The Morgan fingerprint density at radius 2 is 1.56 bits per heavy atom. The van der Waals surface area contributed by atoms with Gasteiger partial charge in [-0.05, 0) is 56.3 Å². The van der Waals surface area contributed by atoms with Crippen LogP contribution in [0.5, 0.6) is 17.2 Å². The molecule has 0 aliphatic heterocycles. The van der Waals surface area contributed by atoms with Crippen molar-refractivity contribution >= 4 is 21.9 Å². The lowest BCUT2D eigenvalue weighted by molar-refractivity contribution is 0.0450. The maximum atomic E-state index is 12.1. The SMILES string of the molecule is CCOc1ccc(C(=O)OCCOc2ccc(Br)cc2)cc1OCC. The molecule has 2 aromatic carbocycles. The monoisotopic (exact) mass is 408 g/mol. The summed E-state index contributed by atoms with van der Waals surface area (Å²) < 4.78 is 22.7. The summed E-state index contributed by atoms with van der Waals surface area (Å²) in [7, 11) is 0. The van der Waals surface area contributed by atoms with E-state index in [1.54, 1.807) is 18.2 Å². The molecular formula is C19H21BrO5. The molecular weight excluding hydrogens is 388 g/mol. The average molecular weight is 409 g/mol. The van der Waals surface area contributed by atoms with Crippen LogP contribution in [0.2, 0.25) is 0 Å². The van der Waals surface area contributed by atoms with Crippen molar-refractivity contribution in [3.8, 4) is 17.2 Å². The first-order valence-corrected chi connectivity index (χ1v) is 8.88. The minimum Gasteiger partial charge on any atom is -0.490 e. The maximum absolute atomic E-state index is 12.1. The predicted octanol–water partition coefficient (Wildman–Crippen LogP) is 4.48. The van der Waals surface area contributed by atoms with Gasteiger partial charge in [0.15, 0.2) is 11.5 Å². The summed E-state index contributed by atoms with van der Waals surface area (Å²) in [5, 5.41) is 0. The Kier molecular flexibility index (Phi) is 7.60. The van der Waals surface area contributed by atoms with Gasteiger partial charge < -0.3 is 18.9 Å². The van der Waals surface area contributed by atoms with Crippen LogP contribution in [0.25, 0.3) is 0 Å². The zero-order valence-corrected chi connectivity index (χ0v) is 15.9. The van der Waals surface area contributed by atoms with E-state index in [0.717, 1.165) is 10.2 Å². The number of ether oxygens (including phenoxy) is 4. The second-order valence-corrected chi connectivity index (χ2v) is 5.88.